The van der Waals surface area contributed by atoms with Gasteiger partial charge in [-0.2, -0.15) is 0 Å². The molecule has 2 unspecified atom stereocenters. The number of para-hydroxylation sites is 1. The number of rotatable bonds is 0. The molecule has 0 aromatic heterocycles. The summed E-state index contributed by atoms with van der Waals surface area (Å²) in [6.45, 7) is 3.48. The SMILES string of the molecule is CC(=O)N1c2ccccc2C2CCCC(=O)C21C. The second-order valence-electron chi connectivity index (χ2n) is 5.43. The number of ketones is 1. The van der Waals surface area contributed by atoms with Crippen LogP contribution in [-0.2, 0) is 9.59 Å². The first-order valence-electron chi connectivity index (χ1n) is 6.50. The van der Waals surface area contributed by atoms with E-state index in [1.807, 2.05) is 25.1 Å². The van der Waals surface area contributed by atoms with Gasteiger partial charge in [0.25, 0.3) is 0 Å². The topological polar surface area (TPSA) is 37.4 Å². The maximum absolute atomic E-state index is 12.4. The van der Waals surface area contributed by atoms with Crippen LogP contribution in [0, 0.1) is 0 Å². The normalized spacial score (nSPS) is 30.0. The van der Waals surface area contributed by atoms with Gasteiger partial charge in [-0.05, 0) is 31.4 Å². The van der Waals surface area contributed by atoms with Gasteiger partial charge in [0.2, 0.25) is 5.91 Å². The zero-order chi connectivity index (χ0) is 12.9. The van der Waals surface area contributed by atoms with E-state index in [2.05, 4.69) is 6.07 Å². The standard InChI is InChI=1S/C15H17NO2/c1-10(17)16-13-8-4-3-6-11(13)12-7-5-9-14(18)15(12,16)2/h3-4,6,8,12H,5,7,9H2,1-2H3. The van der Waals surface area contributed by atoms with Crippen LogP contribution in [0.25, 0.3) is 0 Å². The summed E-state index contributed by atoms with van der Waals surface area (Å²) in [5, 5.41) is 0. The summed E-state index contributed by atoms with van der Waals surface area (Å²) in [4.78, 5) is 26.1. The first-order chi connectivity index (χ1) is 8.56. The third kappa shape index (κ3) is 1.25. The van der Waals surface area contributed by atoms with Crippen molar-refractivity contribution in [2.75, 3.05) is 4.90 Å². The van der Waals surface area contributed by atoms with E-state index in [9.17, 15) is 9.59 Å². The average molecular weight is 243 g/mol. The highest BCUT2D eigenvalue weighted by Gasteiger charge is 2.55. The van der Waals surface area contributed by atoms with Crippen molar-refractivity contribution in [3.05, 3.63) is 29.8 Å². The molecule has 0 N–H and O–H groups in total. The quantitative estimate of drug-likeness (QED) is 0.702. The molecule has 1 aliphatic carbocycles. The Labute approximate surface area is 107 Å². The van der Waals surface area contributed by atoms with Crippen LogP contribution in [0.3, 0.4) is 0 Å². The number of amides is 1. The van der Waals surface area contributed by atoms with Crippen molar-refractivity contribution in [3.8, 4) is 0 Å². The zero-order valence-electron chi connectivity index (χ0n) is 10.8. The number of nitrogens with zero attached hydrogens (tertiary/aromatic N) is 1. The van der Waals surface area contributed by atoms with Gasteiger partial charge in [0.1, 0.15) is 5.54 Å². The first-order valence-corrected chi connectivity index (χ1v) is 6.50. The van der Waals surface area contributed by atoms with Crippen molar-refractivity contribution in [2.24, 2.45) is 0 Å². The molecule has 1 aromatic rings. The largest absolute Gasteiger partial charge is 0.299 e. The Hall–Kier alpha value is -1.64. The van der Waals surface area contributed by atoms with Crippen molar-refractivity contribution < 1.29 is 9.59 Å². The van der Waals surface area contributed by atoms with Crippen molar-refractivity contribution in [3.63, 3.8) is 0 Å². The van der Waals surface area contributed by atoms with Crippen molar-refractivity contribution in [2.45, 2.75) is 44.6 Å². The van der Waals surface area contributed by atoms with E-state index in [4.69, 9.17) is 0 Å². The molecule has 2 atom stereocenters. The lowest BCUT2D eigenvalue weighted by atomic mass is 9.72. The fourth-order valence-corrected chi connectivity index (χ4v) is 3.67. The highest BCUT2D eigenvalue weighted by molar-refractivity contribution is 6.07. The highest BCUT2D eigenvalue weighted by atomic mass is 16.2. The zero-order valence-corrected chi connectivity index (χ0v) is 10.8. The van der Waals surface area contributed by atoms with Crippen LogP contribution in [0.4, 0.5) is 5.69 Å². The van der Waals surface area contributed by atoms with Gasteiger partial charge in [0.05, 0.1) is 0 Å². The maximum atomic E-state index is 12.4. The Balaban J connectivity index is 2.23. The summed E-state index contributed by atoms with van der Waals surface area (Å²) >= 11 is 0. The smallest absolute Gasteiger partial charge is 0.224 e. The first kappa shape index (κ1) is 11.5. The molecule has 0 radical (unpaired) electrons. The molecule has 1 heterocycles. The number of carbonyl (C=O) groups excluding carboxylic acids is 2. The Kier molecular flexibility index (Phi) is 2.34. The Morgan fingerprint density at radius 2 is 2.11 bits per heavy atom. The van der Waals surface area contributed by atoms with Crippen LogP contribution in [0.2, 0.25) is 0 Å². The fourth-order valence-electron chi connectivity index (χ4n) is 3.67. The van der Waals surface area contributed by atoms with E-state index in [0.717, 1.165) is 24.1 Å². The van der Waals surface area contributed by atoms with Gasteiger partial charge in [-0.1, -0.05) is 18.2 Å². The fraction of sp³-hybridized carbons (Fsp3) is 0.467. The van der Waals surface area contributed by atoms with E-state index in [-0.39, 0.29) is 17.6 Å². The number of anilines is 1. The minimum absolute atomic E-state index is 0.0392. The monoisotopic (exact) mass is 243 g/mol. The summed E-state index contributed by atoms with van der Waals surface area (Å²) in [6, 6.07) is 7.93. The molecule has 1 aromatic carbocycles. The minimum atomic E-state index is -0.659. The van der Waals surface area contributed by atoms with Crippen LogP contribution in [0.1, 0.15) is 44.6 Å². The van der Waals surface area contributed by atoms with Gasteiger partial charge in [-0.3, -0.25) is 14.5 Å². The van der Waals surface area contributed by atoms with Crippen LogP contribution < -0.4 is 4.90 Å². The molecule has 0 bridgehead atoms. The summed E-state index contributed by atoms with van der Waals surface area (Å²) in [6.07, 6.45) is 2.51. The summed E-state index contributed by atoms with van der Waals surface area (Å²) < 4.78 is 0. The molecule has 2 aliphatic rings. The summed E-state index contributed by atoms with van der Waals surface area (Å²) in [5.74, 6) is 0.326. The lowest BCUT2D eigenvalue weighted by Gasteiger charge is -2.40. The van der Waals surface area contributed by atoms with Gasteiger partial charge in [-0.15, -0.1) is 0 Å². The number of hydrogen-bond donors (Lipinski definition) is 0. The molecule has 1 aliphatic heterocycles. The molecule has 3 nitrogen and oxygen atoms in total. The van der Waals surface area contributed by atoms with Gasteiger partial charge >= 0.3 is 0 Å². The third-order valence-corrected chi connectivity index (χ3v) is 4.47. The van der Waals surface area contributed by atoms with Crippen LogP contribution in [-0.4, -0.2) is 17.2 Å². The molecule has 3 rings (SSSR count). The Bertz CT molecular complexity index is 537. The molecule has 1 amide bonds. The van der Waals surface area contributed by atoms with Crippen LogP contribution >= 0.6 is 0 Å². The van der Waals surface area contributed by atoms with Crippen molar-refractivity contribution in [1.29, 1.82) is 0 Å². The average Bonchev–Trinajstić information content (AvgIpc) is 2.60. The number of benzene rings is 1. The second kappa shape index (κ2) is 3.67. The van der Waals surface area contributed by atoms with Gasteiger partial charge in [0, 0.05) is 24.9 Å². The molecule has 3 heteroatoms. The van der Waals surface area contributed by atoms with E-state index in [1.54, 1.807) is 11.8 Å². The predicted molar refractivity (Wildman–Crippen MR) is 69.6 cm³/mol. The predicted octanol–water partition coefficient (Wildman–Crippen LogP) is 2.65. The molecule has 1 saturated carbocycles. The molecule has 1 fully saturated rings. The van der Waals surface area contributed by atoms with E-state index in [1.165, 1.54) is 0 Å². The van der Waals surface area contributed by atoms with Gasteiger partial charge in [0.15, 0.2) is 5.78 Å². The van der Waals surface area contributed by atoms with E-state index in [0.29, 0.717) is 6.42 Å². The Morgan fingerprint density at radius 3 is 2.83 bits per heavy atom. The summed E-state index contributed by atoms with van der Waals surface area (Å²) in [5.41, 5.74) is 1.42. The van der Waals surface area contributed by atoms with Crippen LogP contribution in [0.15, 0.2) is 24.3 Å². The number of Topliss-reactive ketones (excluding diaryl/α,β-unsaturated/α-hetero) is 1. The van der Waals surface area contributed by atoms with Gasteiger partial charge in [-0.25, -0.2) is 0 Å². The van der Waals surface area contributed by atoms with Crippen molar-refractivity contribution in [1.82, 2.24) is 0 Å². The lowest BCUT2D eigenvalue weighted by Crippen LogP contribution is -2.56. The van der Waals surface area contributed by atoms with Gasteiger partial charge < -0.3 is 0 Å². The molecular formula is C15H17NO2. The van der Waals surface area contributed by atoms with E-state index >= 15 is 0 Å². The maximum Gasteiger partial charge on any atom is 0.224 e. The molecule has 0 spiro atoms. The minimum Gasteiger partial charge on any atom is -0.299 e. The highest BCUT2D eigenvalue weighted by Crippen LogP contribution is 2.52. The third-order valence-electron chi connectivity index (χ3n) is 4.47. The molecule has 94 valence electrons. The Morgan fingerprint density at radius 1 is 1.39 bits per heavy atom. The molecule has 0 saturated heterocycles. The molecular weight excluding hydrogens is 226 g/mol. The number of fused-ring (bicyclic) bond motifs is 3. The van der Waals surface area contributed by atoms with Crippen LogP contribution in [0.5, 0.6) is 0 Å². The number of hydrogen-bond acceptors (Lipinski definition) is 2. The van der Waals surface area contributed by atoms with E-state index < -0.39 is 5.54 Å². The lowest BCUT2D eigenvalue weighted by molar-refractivity contribution is -0.129. The second-order valence-corrected chi connectivity index (χ2v) is 5.43. The summed E-state index contributed by atoms with van der Waals surface area (Å²) in [7, 11) is 0. The number of carbonyl (C=O) groups is 2. The molecule has 18 heavy (non-hydrogen) atoms. The van der Waals surface area contributed by atoms with Crippen molar-refractivity contribution >= 4 is 17.4 Å².